The summed E-state index contributed by atoms with van der Waals surface area (Å²) in [5.41, 5.74) is 0. The van der Waals surface area contributed by atoms with E-state index < -0.39 is 0 Å². The number of hydrogen-bond donors (Lipinski definition) is 0. The Morgan fingerprint density at radius 3 is 2.79 bits per heavy atom. The van der Waals surface area contributed by atoms with Gasteiger partial charge in [-0.2, -0.15) is 0 Å². The lowest BCUT2D eigenvalue weighted by Crippen LogP contribution is -2.26. The largest absolute Gasteiger partial charge is 0.485 e. The molecule has 0 spiro atoms. The van der Waals surface area contributed by atoms with Crippen LogP contribution in [0.25, 0.3) is 0 Å². The van der Waals surface area contributed by atoms with Crippen molar-refractivity contribution < 1.29 is 4.74 Å². The highest BCUT2D eigenvalue weighted by molar-refractivity contribution is 5.51. The Labute approximate surface area is 142 Å². The van der Waals surface area contributed by atoms with Gasteiger partial charge in [-0.25, -0.2) is 15.0 Å². The van der Waals surface area contributed by atoms with Crippen LogP contribution in [-0.2, 0) is 0 Å². The van der Waals surface area contributed by atoms with Crippen LogP contribution in [0.3, 0.4) is 0 Å². The lowest BCUT2D eigenvalue weighted by atomic mass is 10.3. The van der Waals surface area contributed by atoms with Crippen molar-refractivity contribution >= 4 is 11.6 Å². The summed E-state index contributed by atoms with van der Waals surface area (Å²) in [5.74, 6) is 4.32. The highest BCUT2D eigenvalue weighted by Crippen LogP contribution is 2.38. The molecule has 1 unspecified atom stereocenters. The zero-order valence-electron chi connectivity index (χ0n) is 14.2. The molecule has 4 rings (SSSR count). The summed E-state index contributed by atoms with van der Waals surface area (Å²) in [5, 5.41) is 0. The molecule has 0 radical (unpaired) electrons. The van der Waals surface area contributed by atoms with Gasteiger partial charge in [0.05, 0.1) is 6.54 Å². The first-order valence-electron chi connectivity index (χ1n) is 8.57. The predicted octanol–water partition coefficient (Wildman–Crippen LogP) is 2.47. The molecule has 1 aliphatic heterocycles. The molecule has 1 aliphatic carbocycles. The van der Waals surface area contributed by atoms with E-state index in [0.717, 1.165) is 42.7 Å². The minimum Gasteiger partial charge on any atom is -0.485 e. The van der Waals surface area contributed by atoms with Gasteiger partial charge in [-0.05, 0) is 31.0 Å². The van der Waals surface area contributed by atoms with E-state index in [2.05, 4.69) is 14.9 Å². The van der Waals surface area contributed by atoms with Crippen molar-refractivity contribution in [3.8, 4) is 5.75 Å². The third kappa shape index (κ3) is 3.13. The van der Waals surface area contributed by atoms with E-state index in [-0.39, 0.29) is 6.10 Å². The molecule has 126 valence electrons. The molecule has 2 aromatic heterocycles. The summed E-state index contributed by atoms with van der Waals surface area (Å²) in [4.78, 5) is 17.8. The molecule has 6 nitrogen and oxygen atoms in total. The van der Waals surface area contributed by atoms with E-state index in [9.17, 15) is 0 Å². The quantitative estimate of drug-likeness (QED) is 0.842. The second-order valence-electron chi connectivity index (χ2n) is 6.74. The summed E-state index contributed by atoms with van der Waals surface area (Å²) >= 11 is 0. The van der Waals surface area contributed by atoms with E-state index in [1.165, 1.54) is 12.8 Å². The first-order chi connectivity index (χ1) is 11.7. The van der Waals surface area contributed by atoms with Gasteiger partial charge < -0.3 is 14.5 Å². The zero-order valence-corrected chi connectivity index (χ0v) is 14.2. The van der Waals surface area contributed by atoms with Crippen LogP contribution in [0.1, 0.15) is 31.0 Å². The van der Waals surface area contributed by atoms with Gasteiger partial charge in [0, 0.05) is 45.4 Å². The molecule has 1 saturated heterocycles. The van der Waals surface area contributed by atoms with Gasteiger partial charge in [-0.3, -0.25) is 0 Å². The molecular formula is C18H23N5O. The van der Waals surface area contributed by atoms with Crippen molar-refractivity contribution in [3.63, 3.8) is 0 Å². The monoisotopic (exact) mass is 325 g/mol. The van der Waals surface area contributed by atoms with Gasteiger partial charge in [0.25, 0.3) is 0 Å². The van der Waals surface area contributed by atoms with Crippen molar-refractivity contribution in [1.82, 2.24) is 15.0 Å². The summed E-state index contributed by atoms with van der Waals surface area (Å²) in [7, 11) is 3.97. The minimum atomic E-state index is 0.159. The van der Waals surface area contributed by atoms with Gasteiger partial charge in [0.1, 0.15) is 17.7 Å². The Bertz CT molecular complexity index is 716. The second-order valence-corrected chi connectivity index (χ2v) is 6.74. The standard InChI is InChI=1S/C18H23N5O/c1-22(2)18-15(4-3-9-20-18)24-14-8-11-23(12-14)16-7-10-19-17(21-16)13-5-6-13/h3-4,7,9-10,13-14H,5-6,8,11-12H2,1-2H3. The maximum Gasteiger partial charge on any atom is 0.170 e. The molecule has 2 fully saturated rings. The Morgan fingerprint density at radius 1 is 1.12 bits per heavy atom. The lowest BCUT2D eigenvalue weighted by molar-refractivity contribution is 0.225. The Kier molecular flexibility index (Phi) is 3.96. The summed E-state index contributed by atoms with van der Waals surface area (Å²) < 4.78 is 6.22. The maximum atomic E-state index is 6.22. The fourth-order valence-corrected chi connectivity index (χ4v) is 3.10. The number of hydrogen-bond acceptors (Lipinski definition) is 6. The molecule has 24 heavy (non-hydrogen) atoms. The number of nitrogens with zero attached hydrogens (tertiary/aromatic N) is 5. The van der Waals surface area contributed by atoms with Crippen LogP contribution in [0.5, 0.6) is 5.75 Å². The Hall–Kier alpha value is -2.37. The third-order valence-corrected chi connectivity index (χ3v) is 4.54. The first kappa shape index (κ1) is 15.2. The number of anilines is 2. The molecule has 0 N–H and O–H groups in total. The zero-order chi connectivity index (χ0) is 16.5. The average molecular weight is 325 g/mol. The summed E-state index contributed by atoms with van der Waals surface area (Å²) in [6.07, 6.45) is 7.28. The van der Waals surface area contributed by atoms with Crippen LogP contribution in [0, 0.1) is 0 Å². The third-order valence-electron chi connectivity index (χ3n) is 4.54. The number of aromatic nitrogens is 3. The van der Waals surface area contributed by atoms with Crippen LogP contribution < -0.4 is 14.5 Å². The normalized spacial score (nSPS) is 20.2. The predicted molar refractivity (Wildman–Crippen MR) is 93.8 cm³/mol. The van der Waals surface area contributed by atoms with E-state index >= 15 is 0 Å². The SMILES string of the molecule is CN(C)c1ncccc1OC1CCN(c2ccnc(C3CC3)n2)C1. The smallest absolute Gasteiger partial charge is 0.170 e. The minimum absolute atomic E-state index is 0.159. The molecule has 0 bridgehead atoms. The molecule has 3 heterocycles. The van der Waals surface area contributed by atoms with Crippen molar-refractivity contribution in [2.75, 3.05) is 37.0 Å². The molecular weight excluding hydrogens is 302 g/mol. The van der Waals surface area contributed by atoms with Crippen LogP contribution in [0.4, 0.5) is 11.6 Å². The van der Waals surface area contributed by atoms with Crippen LogP contribution in [0.15, 0.2) is 30.6 Å². The van der Waals surface area contributed by atoms with Crippen molar-refractivity contribution in [3.05, 3.63) is 36.4 Å². The van der Waals surface area contributed by atoms with E-state index in [1.54, 1.807) is 6.20 Å². The van der Waals surface area contributed by atoms with E-state index in [0.29, 0.717) is 5.92 Å². The number of ether oxygens (including phenoxy) is 1. The maximum absolute atomic E-state index is 6.22. The summed E-state index contributed by atoms with van der Waals surface area (Å²) in [6.45, 7) is 1.81. The van der Waals surface area contributed by atoms with Gasteiger partial charge in [0.15, 0.2) is 11.6 Å². The number of rotatable bonds is 5. The van der Waals surface area contributed by atoms with Crippen molar-refractivity contribution in [1.29, 1.82) is 0 Å². The second kappa shape index (κ2) is 6.26. The average Bonchev–Trinajstić information content (AvgIpc) is 3.35. The van der Waals surface area contributed by atoms with E-state index in [4.69, 9.17) is 9.72 Å². The van der Waals surface area contributed by atoms with Crippen molar-refractivity contribution in [2.45, 2.75) is 31.3 Å². The fourth-order valence-electron chi connectivity index (χ4n) is 3.10. The first-order valence-corrected chi connectivity index (χ1v) is 8.57. The molecule has 1 saturated carbocycles. The molecule has 2 aliphatic rings. The van der Waals surface area contributed by atoms with Gasteiger partial charge in [-0.15, -0.1) is 0 Å². The highest BCUT2D eigenvalue weighted by Gasteiger charge is 2.29. The summed E-state index contributed by atoms with van der Waals surface area (Å²) in [6, 6.07) is 5.91. The lowest BCUT2D eigenvalue weighted by Gasteiger charge is -2.21. The van der Waals surface area contributed by atoms with Crippen molar-refractivity contribution in [2.24, 2.45) is 0 Å². The van der Waals surface area contributed by atoms with Gasteiger partial charge in [-0.1, -0.05) is 0 Å². The Morgan fingerprint density at radius 2 is 2.00 bits per heavy atom. The topological polar surface area (TPSA) is 54.4 Å². The van der Waals surface area contributed by atoms with Crippen LogP contribution in [0.2, 0.25) is 0 Å². The molecule has 6 heteroatoms. The number of pyridine rings is 1. The van der Waals surface area contributed by atoms with E-state index in [1.807, 2.05) is 43.4 Å². The van der Waals surface area contributed by atoms with Crippen LogP contribution >= 0.6 is 0 Å². The van der Waals surface area contributed by atoms with Gasteiger partial charge >= 0.3 is 0 Å². The van der Waals surface area contributed by atoms with Crippen LogP contribution in [-0.4, -0.2) is 48.2 Å². The Balaban J connectivity index is 1.44. The highest BCUT2D eigenvalue weighted by atomic mass is 16.5. The molecule has 0 aromatic carbocycles. The fraction of sp³-hybridized carbons (Fsp3) is 0.500. The molecule has 1 atom stereocenters. The molecule has 0 amide bonds. The van der Waals surface area contributed by atoms with Gasteiger partial charge in [0.2, 0.25) is 0 Å². The molecule has 2 aromatic rings.